The summed E-state index contributed by atoms with van der Waals surface area (Å²) in [5, 5.41) is 0. The highest BCUT2D eigenvalue weighted by Gasteiger charge is 2.48. The fourth-order valence-corrected chi connectivity index (χ4v) is 11.2. The molecule has 1 nitrogen and oxygen atoms in total. The van der Waals surface area contributed by atoms with Crippen molar-refractivity contribution in [1.82, 2.24) is 0 Å². The molecule has 0 saturated heterocycles. The minimum absolute atomic E-state index is 0.0424. The van der Waals surface area contributed by atoms with Crippen molar-refractivity contribution < 1.29 is 0 Å². The van der Waals surface area contributed by atoms with E-state index in [1.54, 1.807) is 0 Å². The van der Waals surface area contributed by atoms with Crippen LogP contribution in [0.2, 0.25) is 0 Å². The highest BCUT2D eigenvalue weighted by Crippen LogP contribution is 2.59. The van der Waals surface area contributed by atoms with Crippen LogP contribution >= 0.6 is 0 Å². The average Bonchev–Trinajstić information content (AvgIpc) is 3.77. The average molecular weight is 810 g/mol. The zero-order valence-electron chi connectivity index (χ0n) is 36.7. The minimum atomic E-state index is -0.535. The summed E-state index contributed by atoms with van der Waals surface area (Å²) in [6, 6.07) is 82.3. The van der Waals surface area contributed by atoms with E-state index in [0.717, 1.165) is 17.1 Å². The highest BCUT2D eigenvalue weighted by atomic mass is 15.1. The smallest absolute Gasteiger partial charge is 0.0714 e. The summed E-state index contributed by atoms with van der Waals surface area (Å²) < 4.78 is 0. The molecule has 1 heteroatoms. The summed E-state index contributed by atoms with van der Waals surface area (Å²) in [6.07, 6.45) is 0. The van der Waals surface area contributed by atoms with Crippen molar-refractivity contribution in [3.63, 3.8) is 0 Å². The molecular formula is C62H51N. The molecule has 2 atom stereocenters. The van der Waals surface area contributed by atoms with Gasteiger partial charge in [-0.15, -0.1) is 0 Å². The predicted octanol–water partition coefficient (Wildman–Crippen LogP) is 15.8. The van der Waals surface area contributed by atoms with Crippen LogP contribution in [0.5, 0.6) is 0 Å². The summed E-state index contributed by atoms with van der Waals surface area (Å²) in [5.74, 6) is 0. The molecular weight excluding hydrogens is 759 g/mol. The van der Waals surface area contributed by atoms with Crippen LogP contribution in [0, 0.1) is 13.8 Å². The van der Waals surface area contributed by atoms with Crippen molar-refractivity contribution in [3.8, 4) is 22.3 Å². The molecule has 0 heterocycles. The molecule has 0 bridgehead atoms. The van der Waals surface area contributed by atoms with Crippen LogP contribution in [0.25, 0.3) is 22.3 Å². The first-order chi connectivity index (χ1) is 30.7. The molecule has 9 aromatic rings. The largest absolute Gasteiger partial charge is 0.310 e. The van der Waals surface area contributed by atoms with E-state index in [0.29, 0.717) is 0 Å². The molecule has 0 spiro atoms. The molecule has 2 unspecified atom stereocenters. The van der Waals surface area contributed by atoms with Crippen molar-refractivity contribution in [2.75, 3.05) is 4.90 Å². The summed E-state index contributed by atoms with van der Waals surface area (Å²) in [5.41, 5.74) is 21.6. The number of nitrogens with zero attached hydrogens (tertiary/aromatic N) is 1. The van der Waals surface area contributed by atoms with Gasteiger partial charge >= 0.3 is 0 Å². The fourth-order valence-electron chi connectivity index (χ4n) is 11.2. The molecule has 0 radical (unpaired) electrons. The van der Waals surface area contributed by atoms with E-state index in [4.69, 9.17) is 0 Å². The van der Waals surface area contributed by atoms with Gasteiger partial charge in [0, 0.05) is 17.1 Å². The van der Waals surface area contributed by atoms with Crippen LogP contribution in [0.15, 0.2) is 218 Å². The SMILES string of the molecule is Cc1cc(C)cc(C2(c3ccccc3)c3ccccc3-c3ccc(N(c4ccccc4)c4ccc5c(c4)C(c4ccccc4)(c4ccc(C(C)(C)C)cc4)c4ccccc4-5)cc32)c1. The van der Waals surface area contributed by atoms with Gasteiger partial charge in [-0.25, -0.2) is 0 Å². The van der Waals surface area contributed by atoms with Crippen LogP contribution in [-0.2, 0) is 16.2 Å². The molecule has 0 N–H and O–H groups in total. The molecule has 0 fully saturated rings. The van der Waals surface area contributed by atoms with Crippen LogP contribution in [0.3, 0.4) is 0 Å². The van der Waals surface area contributed by atoms with E-state index >= 15 is 0 Å². The van der Waals surface area contributed by atoms with Crippen molar-refractivity contribution in [1.29, 1.82) is 0 Å². The summed E-state index contributed by atoms with van der Waals surface area (Å²) in [6.45, 7) is 11.3. The molecule has 2 aliphatic rings. The van der Waals surface area contributed by atoms with Gasteiger partial charge in [0.2, 0.25) is 0 Å². The zero-order valence-corrected chi connectivity index (χ0v) is 36.7. The Bertz CT molecular complexity index is 3140. The van der Waals surface area contributed by atoms with Crippen molar-refractivity contribution in [2.24, 2.45) is 0 Å². The number of benzene rings is 9. The Balaban J connectivity index is 1.18. The number of rotatable bonds is 7. The van der Waals surface area contributed by atoms with E-state index < -0.39 is 10.8 Å². The Morgan fingerprint density at radius 2 is 0.714 bits per heavy atom. The van der Waals surface area contributed by atoms with Crippen molar-refractivity contribution >= 4 is 17.1 Å². The van der Waals surface area contributed by atoms with E-state index in [1.807, 2.05) is 0 Å². The third kappa shape index (κ3) is 5.90. The molecule has 63 heavy (non-hydrogen) atoms. The minimum Gasteiger partial charge on any atom is -0.310 e. The maximum atomic E-state index is 2.49. The first-order valence-corrected chi connectivity index (χ1v) is 22.3. The molecule has 9 aromatic carbocycles. The topological polar surface area (TPSA) is 3.24 Å². The molecule has 0 saturated carbocycles. The molecule has 11 rings (SSSR count). The van der Waals surface area contributed by atoms with Gasteiger partial charge in [0.25, 0.3) is 0 Å². The second kappa shape index (κ2) is 14.7. The van der Waals surface area contributed by atoms with Crippen molar-refractivity contribution in [2.45, 2.75) is 50.9 Å². The monoisotopic (exact) mass is 809 g/mol. The van der Waals surface area contributed by atoms with Crippen molar-refractivity contribution in [3.05, 3.63) is 280 Å². The lowest BCUT2D eigenvalue weighted by Gasteiger charge is -2.36. The summed E-state index contributed by atoms with van der Waals surface area (Å²) >= 11 is 0. The molecule has 0 amide bonds. The number of hydrogen-bond acceptors (Lipinski definition) is 1. The van der Waals surface area contributed by atoms with Gasteiger partial charge in [-0.05, 0) is 128 Å². The second-order valence-corrected chi connectivity index (χ2v) is 18.7. The Hall–Kier alpha value is -7.22. The van der Waals surface area contributed by atoms with E-state index in [9.17, 15) is 0 Å². The highest BCUT2D eigenvalue weighted by molar-refractivity contribution is 5.92. The number of fused-ring (bicyclic) bond motifs is 6. The number of aryl methyl sites for hydroxylation is 2. The van der Waals surface area contributed by atoms with E-state index in [-0.39, 0.29) is 5.41 Å². The number of hydrogen-bond donors (Lipinski definition) is 0. The maximum Gasteiger partial charge on any atom is 0.0714 e. The second-order valence-electron chi connectivity index (χ2n) is 18.7. The van der Waals surface area contributed by atoms with Crippen LogP contribution in [0.4, 0.5) is 17.1 Å². The van der Waals surface area contributed by atoms with Gasteiger partial charge in [0.1, 0.15) is 0 Å². The van der Waals surface area contributed by atoms with Gasteiger partial charge in [0.15, 0.2) is 0 Å². The van der Waals surface area contributed by atoms with Gasteiger partial charge in [0.05, 0.1) is 10.8 Å². The van der Waals surface area contributed by atoms with E-state index in [2.05, 4.69) is 258 Å². The maximum absolute atomic E-state index is 2.49. The first kappa shape index (κ1) is 38.7. The first-order valence-electron chi connectivity index (χ1n) is 22.3. The Labute approximate surface area is 373 Å². The molecule has 304 valence electrons. The number of para-hydroxylation sites is 1. The lowest BCUT2D eigenvalue weighted by molar-refractivity contribution is 0.589. The molecule has 0 aromatic heterocycles. The van der Waals surface area contributed by atoms with E-state index in [1.165, 1.54) is 83.5 Å². The van der Waals surface area contributed by atoms with Gasteiger partial charge in [-0.3, -0.25) is 0 Å². The Kier molecular flexibility index (Phi) is 9.03. The summed E-state index contributed by atoms with van der Waals surface area (Å²) in [7, 11) is 0. The van der Waals surface area contributed by atoms with Crippen LogP contribution in [0.1, 0.15) is 82.0 Å². The number of anilines is 3. The third-order valence-corrected chi connectivity index (χ3v) is 13.8. The van der Waals surface area contributed by atoms with Gasteiger partial charge < -0.3 is 4.90 Å². The third-order valence-electron chi connectivity index (χ3n) is 13.8. The quantitative estimate of drug-likeness (QED) is 0.155. The Morgan fingerprint density at radius 1 is 0.317 bits per heavy atom. The lowest BCUT2D eigenvalue weighted by Crippen LogP contribution is -2.29. The Morgan fingerprint density at radius 3 is 1.19 bits per heavy atom. The van der Waals surface area contributed by atoms with Crippen LogP contribution in [-0.4, -0.2) is 0 Å². The van der Waals surface area contributed by atoms with Gasteiger partial charge in [-0.1, -0.05) is 214 Å². The normalized spacial score (nSPS) is 17.1. The molecule has 0 aliphatic heterocycles. The predicted molar refractivity (Wildman–Crippen MR) is 264 cm³/mol. The zero-order chi connectivity index (χ0) is 42.9. The molecule has 2 aliphatic carbocycles. The lowest BCUT2D eigenvalue weighted by atomic mass is 9.67. The van der Waals surface area contributed by atoms with Crippen LogP contribution < -0.4 is 4.90 Å². The summed E-state index contributed by atoms with van der Waals surface area (Å²) in [4.78, 5) is 2.47. The fraction of sp³-hybridized carbons (Fsp3) is 0.129. The standard InChI is InChI=1S/C62H51N/c1-42-37-43(2)39-48(38-42)62(46-21-11-7-12-22-46)57-28-18-16-26-53(57)55-36-34-51(41-59(55)62)63(49-23-13-8-14-24-49)50-33-35-54-52-25-15-17-27-56(52)61(58(54)40-50,45-19-9-6-10-20-45)47-31-29-44(30-32-47)60(3,4)5/h6-41H,1-5H3. The van der Waals surface area contributed by atoms with Gasteiger partial charge in [-0.2, -0.15) is 0 Å².